The number of amides is 2. The Hall–Kier alpha value is -5.37. The minimum Gasteiger partial charge on any atom is -0.497 e. The van der Waals surface area contributed by atoms with Gasteiger partial charge in [0.15, 0.2) is 5.78 Å². The Morgan fingerprint density at radius 2 is 1.59 bits per heavy atom. The van der Waals surface area contributed by atoms with Crippen LogP contribution in [0.15, 0.2) is 107 Å². The van der Waals surface area contributed by atoms with Crippen LogP contribution in [0.3, 0.4) is 0 Å². The van der Waals surface area contributed by atoms with Gasteiger partial charge in [0.2, 0.25) is 0 Å². The van der Waals surface area contributed by atoms with E-state index in [9.17, 15) is 14.4 Å². The molecule has 0 spiro atoms. The number of carbonyl (C=O) groups excluding carboxylic acids is 3. The number of ether oxygens (including phenoxy) is 2. The summed E-state index contributed by atoms with van der Waals surface area (Å²) in [5.74, 6) is 0.407. The molecule has 0 bridgehead atoms. The number of carbonyl (C=O) groups is 3. The number of benzene rings is 3. The summed E-state index contributed by atoms with van der Waals surface area (Å²) in [7, 11) is 3.11. The Morgan fingerprint density at radius 1 is 0.821 bits per heavy atom. The fourth-order valence-corrected chi connectivity index (χ4v) is 3.59. The monoisotopic (exact) mass is 522 g/mol. The molecule has 2 amide bonds. The van der Waals surface area contributed by atoms with Gasteiger partial charge in [0.1, 0.15) is 23.0 Å². The molecule has 8 nitrogen and oxygen atoms in total. The summed E-state index contributed by atoms with van der Waals surface area (Å²) >= 11 is 0. The zero-order chi connectivity index (χ0) is 27.6. The molecule has 3 aromatic carbocycles. The molecule has 8 heteroatoms. The van der Waals surface area contributed by atoms with Crippen molar-refractivity contribution in [3.8, 4) is 11.5 Å². The molecule has 39 heavy (non-hydrogen) atoms. The molecule has 4 rings (SSSR count). The van der Waals surface area contributed by atoms with E-state index in [1.807, 2.05) is 0 Å². The van der Waals surface area contributed by atoms with Gasteiger partial charge in [-0.1, -0.05) is 18.2 Å². The lowest BCUT2D eigenvalue weighted by Crippen LogP contribution is -2.30. The van der Waals surface area contributed by atoms with Crippen LogP contribution in [0.25, 0.3) is 12.2 Å². The fraction of sp³-hybridized carbons (Fsp3) is 0.0645. The summed E-state index contributed by atoms with van der Waals surface area (Å²) in [4.78, 5) is 38.4. The van der Waals surface area contributed by atoms with Crippen LogP contribution in [0.1, 0.15) is 32.0 Å². The molecular weight excluding hydrogens is 496 g/mol. The first-order valence-electron chi connectivity index (χ1n) is 11.9. The molecule has 0 aliphatic heterocycles. The molecule has 0 unspecified atom stereocenters. The van der Waals surface area contributed by atoms with Crippen LogP contribution in [-0.2, 0) is 4.79 Å². The standard InChI is InChI=1S/C31H26N2O6/c1-37-25-16-12-22(29(20-25)38-2)13-17-28(34)21-10-14-24(15-11-21)32-31(36)27(19-26-9-6-18-39-26)33-30(35)23-7-4-3-5-8-23/h3-20H,1-2H3,(H,32,36)(H,33,35)/b17-13+,27-19-. The number of rotatable bonds is 10. The summed E-state index contributed by atoms with van der Waals surface area (Å²) in [5, 5.41) is 5.38. The predicted molar refractivity (Wildman–Crippen MR) is 149 cm³/mol. The van der Waals surface area contributed by atoms with Crippen molar-refractivity contribution in [2.75, 3.05) is 19.5 Å². The van der Waals surface area contributed by atoms with E-state index in [-0.39, 0.29) is 11.5 Å². The molecule has 1 aromatic heterocycles. The van der Waals surface area contributed by atoms with Crippen LogP contribution in [0.4, 0.5) is 5.69 Å². The Bertz CT molecular complexity index is 1500. The number of hydrogen-bond acceptors (Lipinski definition) is 6. The smallest absolute Gasteiger partial charge is 0.272 e. The molecule has 0 aliphatic carbocycles. The number of anilines is 1. The lowest BCUT2D eigenvalue weighted by molar-refractivity contribution is -0.113. The maximum atomic E-state index is 13.1. The highest BCUT2D eigenvalue weighted by Crippen LogP contribution is 2.26. The Labute approximate surface area is 225 Å². The van der Waals surface area contributed by atoms with Crippen molar-refractivity contribution >= 4 is 35.4 Å². The van der Waals surface area contributed by atoms with Crippen molar-refractivity contribution in [2.45, 2.75) is 0 Å². The highest BCUT2D eigenvalue weighted by molar-refractivity contribution is 6.11. The summed E-state index contributed by atoms with van der Waals surface area (Å²) in [6, 6.07) is 23.6. The number of nitrogens with one attached hydrogen (secondary N) is 2. The SMILES string of the molecule is COc1ccc(/C=C/C(=O)c2ccc(NC(=O)/C(=C/c3ccco3)NC(=O)c3ccccc3)cc2)c(OC)c1. The second-order valence-electron chi connectivity index (χ2n) is 8.23. The van der Waals surface area contributed by atoms with E-state index in [1.165, 1.54) is 18.4 Å². The van der Waals surface area contributed by atoms with Crippen LogP contribution in [-0.4, -0.2) is 31.8 Å². The van der Waals surface area contributed by atoms with Gasteiger partial charge in [0.25, 0.3) is 11.8 Å². The van der Waals surface area contributed by atoms with Crippen molar-refractivity contribution in [1.82, 2.24) is 5.32 Å². The highest BCUT2D eigenvalue weighted by Gasteiger charge is 2.16. The maximum Gasteiger partial charge on any atom is 0.272 e. The molecule has 0 fully saturated rings. The van der Waals surface area contributed by atoms with Gasteiger partial charge in [-0.3, -0.25) is 14.4 Å². The second kappa shape index (κ2) is 12.7. The van der Waals surface area contributed by atoms with Gasteiger partial charge in [-0.25, -0.2) is 0 Å². The minimum atomic E-state index is -0.554. The summed E-state index contributed by atoms with van der Waals surface area (Å²) in [5.41, 5.74) is 2.00. The number of allylic oxidation sites excluding steroid dienone is 1. The van der Waals surface area contributed by atoms with Crippen molar-refractivity contribution in [1.29, 1.82) is 0 Å². The van der Waals surface area contributed by atoms with E-state index in [0.717, 1.165) is 5.56 Å². The predicted octanol–water partition coefficient (Wildman–Crippen LogP) is 5.60. The van der Waals surface area contributed by atoms with Crippen molar-refractivity contribution in [3.05, 3.63) is 125 Å². The molecule has 2 N–H and O–H groups in total. The van der Waals surface area contributed by atoms with Gasteiger partial charge >= 0.3 is 0 Å². The molecule has 196 valence electrons. The number of methoxy groups -OCH3 is 2. The molecule has 0 saturated heterocycles. The first-order chi connectivity index (χ1) is 19.0. The van der Waals surface area contributed by atoms with Crippen molar-refractivity contribution in [3.63, 3.8) is 0 Å². The van der Waals surface area contributed by atoms with Gasteiger partial charge in [0, 0.05) is 34.5 Å². The van der Waals surface area contributed by atoms with Gasteiger partial charge < -0.3 is 24.5 Å². The Morgan fingerprint density at radius 3 is 2.26 bits per heavy atom. The number of furan rings is 1. The largest absolute Gasteiger partial charge is 0.497 e. The molecular formula is C31H26N2O6. The summed E-state index contributed by atoms with van der Waals surface area (Å²) < 4.78 is 15.9. The summed E-state index contributed by atoms with van der Waals surface area (Å²) in [6.45, 7) is 0. The van der Waals surface area contributed by atoms with Gasteiger partial charge in [-0.2, -0.15) is 0 Å². The second-order valence-corrected chi connectivity index (χ2v) is 8.23. The first-order valence-corrected chi connectivity index (χ1v) is 11.9. The van der Waals surface area contributed by atoms with E-state index >= 15 is 0 Å². The van der Waals surface area contributed by atoms with E-state index < -0.39 is 11.8 Å². The third-order valence-corrected chi connectivity index (χ3v) is 5.64. The first kappa shape index (κ1) is 26.7. The lowest BCUT2D eigenvalue weighted by atomic mass is 10.1. The highest BCUT2D eigenvalue weighted by atomic mass is 16.5. The molecule has 0 radical (unpaired) electrons. The van der Waals surface area contributed by atoms with Gasteiger partial charge in [-0.05, 0) is 72.8 Å². The molecule has 0 atom stereocenters. The number of ketones is 1. The zero-order valence-electron chi connectivity index (χ0n) is 21.3. The third kappa shape index (κ3) is 7.11. The molecule has 4 aromatic rings. The van der Waals surface area contributed by atoms with Crippen molar-refractivity contribution < 1.29 is 28.3 Å². The zero-order valence-corrected chi connectivity index (χ0v) is 21.3. The Kier molecular flexibility index (Phi) is 8.71. The molecule has 0 saturated carbocycles. The fourth-order valence-electron chi connectivity index (χ4n) is 3.59. The maximum absolute atomic E-state index is 13.1. The summed E-state index contributed by atoms with van der Waals surface area (Å²) in [6.07, 6.45) is 6.01. The van der Waals surface area contributed by atoms with E-state index in [2.05, 4.69) is 10.6 Å². The average molecular weight is 523 g/mol. The molecule has 1 heterocycles. The van der Waals surface area contributed by atoms with Gasteiger partial charge in [-0.15, -0.1) is 0 Å². The van der Waals surface area contributed by atoms with Crippen LogP contribution < -0.4 is 20.1 Å². The van der Waals surface area contributed by atoms with E-state index in [4.69, 9.17) is 13.9 Å². The minimum absolute atomic E-state index is 0.00433. The topological polar surface area (TPSA) is 107 Å². The molecule has 0 aliphatic rings. The van der Waals surface area contributed by atoms with E-state index in [1.54, 1.807) is 105 Å². The van der Waals surface area contributed by atoms with E-state index in [0.29, 0.717) is 34.1 Å². The quantitative estimate of drug-likeness (QED) is 0.207. The van der Waals surface area contributed by atoms with Crippen LogP contribution in [0.2, 0.25) is 0 Å². The van der Waals surface area contributed by atoms with Crippen LogP contribution >= 0.6 is 0 Å². The Balaban J connectivity index is 1.45. The van der Waals surface area contributed by atoms with Crippen molar-refractivity contribution in [2.24, 2.45) is 0 Å². The number of hydrogen-bond donors (Lipinski definition) is 2. The average Bonchev–Trinajstić information content (AvgIpc) is 3.49. The van der Waals surface area contributed by atoms with Crippen LogP contribution in [0.5, 0.6) is 11.5 Å². The van der Waals surface area contributed by atoms with Crippen LogP contribution in [0, 0.1) is 0 Å². The van der Waals surface area contributed by atoms with Gasteiger partial charge in [0.05, 0.1) is 20.5 Å². The lowest BCUT2D eigenvalue weighted by Gasteiger charge is -2.11. The normalized spacial score (nSPS) is 11.2. The third-order valence-electron chi connectivity index (χ3n) is 5.64.